The maximum atomic E-state index is 14.2. The zero-order valence-electron chi connectivity index (χ0n) is 23.2. The van der Waals surface area contributed by atoms with Gasteiger partial charge >= 0.3 is 12.0 Å². The number of aromatic nitrogens is 1. The molecule has 1 aromatic heterocycles. The van der Waals surface area contributed by atoms with E-state index in [1.54, 1.807) is 17.0 Å². The van der Waals surface area contributed by atoms with E-state index in [9.17, 15) is 29.1 Å². The number of aromatic amines is 1. The first-order chi connectivity index (χ1) is 20.7. The molecule has 1 fully saturated rings. The standard InChI is InChI=1S/C32H29N5O6/c1-17-10-12-18(13-11-17)28-27-21(19-6-2-4-8-22(19)34-27)16-25-30(40)37(32(43)36(25)28)24-9-5-3-7-20(24)29(39)35-23(31(41)42)14-15-26(33)38/h2-13,23,25,28,34H,14-16H2,1H3,(H2,33,38)(H,35,39)(H,41,42)/t23-,25-,28?/m0/s1. The third-order valence-corrected chi connectivity index (χ3v) is 8.11. The van der Waals surface area contributed by atoms with Gasteiger partial charge in [0.15, 0.2) is 0 Å². The molecule has 6 rings (SSSR count). The fourth-order valence-electron chi connectivity index (χ4n) is 6.03. The molecule has 0 bridgehead atoms. The number of carbonyl (C=O) groups excluding carboxylic acids is 4. The fourth-order valence-corrected chi connectivity index (χ4v) is 6.03. The second-order valence-corrected chi connectivity index (χ2v) is 10.8. The largest absolute Gasteiger partial charge is 0.480 e. The smallest absolute Gasteiger partial charge is 0.332 e. The van der Waals surface area contributed by atoms with Crippen LogP contribution in [-0.2, 0) is 20.8 Å². The normalized spacial score (nSPS) is 18.3. The van der Waals surface area contributed by atoms with Gasteiger partial charge in [0.2, 0.25) is 5.91 Å². The predicted octanol–water partition coefficient (Wildman–Crippen LogP) is 3.41. The minimum absolute atomic E-state index is 0.0413. The molecule has 2 aliphatic rings. The lowest BCUT2D eigenvalue weighted by Gasteiger charge is -2.36. The number of fused-ring (bicyclic) bond motifs is 4. The number of carbonyl (C=O) groups is 5. The topological polar surface area (TPSA) is 166 Å². The zero-order valence-corrected chi connectivity index (χ0v) is 23.2. The molecule has 11 nitrogen and oxygen atoms in total. The zero-order chi connectivity index (χ0) is 30.4. The van der Waals surface area contributed by atoms with Crippen molar-refractivity contribution in [3.8, 4) is 0 Å². The second-order valence-electron chi connectivity index (χ2n) is 10.8. The Labute approximate surface area is 246 Å². The Balaban J connectivity index is 1.40. The third-order valence-electron chi connectivity index (χ3n) is 8.11. The highest BCUT2D eigenvalue weighted by atomic mass is 16.4. The lowest BCUT2D eigenvalue weighted by molar-refractivity contribution is -0.139. The summed E-state index contributed by atoms with van der Waals surface area (Å²) in [6.45, 7) is 1.97. The van der Waals surface area contributed by atoms with Crippen LogP contribution in [0.2, 0.25) is 0 Å². The van der Waals surface area contributed by atoms with E-state index in [2.05, 4.69) is 10.3 Å². The number of urea groups is 1. The first kappa shape index (κ1) is 27.7. The van der Waals surface area contributed by atoms with Gasteiger partial charge in [-0.15, -0.1) is 0 Å². The van der Waals surface area contributed by atoms with Crippen LogP contribution >= 0.6 is 0 Å². The second kappa shape index (κ2) is 10.8. The van der Waals surface area contributed by atoms with E-state index in [1.807, 2.05) is 55.5 Å². The molecular weight excluding hydrogens is 550 g/mol. The van der Waals surface area contributed by atoms with E-state index in [0.717, 1.165) is 38.2 Å². The van der Waals surface area contributed by atoms with Crippen LogP contribution in [0.4, 0.5) is 10.5 Å². The van der Waals surface area contributed by atoms with Crippen molar-refractivity contribution in [1.82, 2.24) is 15.2 Å². The Hall–Kier alpha value is -5.45. The molecule has 2 aliphatic heterocycles. The van der Waals surface area contributed by atoms with Crippen LogP contribution in [0.5, 0.6) is 0 Å². The van der Waals surface area contributed by atoms with Gasteiger partial charge in [-0.05, 0) is 42.7 Å². The molecule has 0 radical (unpaired) electrons. The monoisotopic (exact) mass is 579 g/mol. The first-order valence-electron chi connectivity index (χ1n) is 13.9. The number of aryl methyl sites for hydroxylation is 1. The van der Waals surface area contributed by atoms with Crippen molar-refractivity contribution in [3.05, 3.63) is 101 Å². The molecular formula is C32H29N5O6. The van der Waals surface area contributed by atoms with Crippen molar-refractivity contribution in [2.75, 3.05) is 4.90 Å². The van der Waals surface area contributed by atoms with Gasteiger partial charge in [-0.2, -0.15) is 0 Å². The summed E-state index contributed by atoms with van der Waals surface area (Å²) < 4.78 is 0. The molecule has 3 heterocycles. The van der Waals surface area contributed by atoms with Crippen LogP contribution in [-0.4, -0.2) is 56.8 Å². The van der Waals surface area contributed by atoms with Gasteiger partial charge in [0.1, 0.15) is 18.1 Å². The molecule has 1 saturated heterocycles. The maximum Gasteiger partial charge on any atom is 0.332 e. The van der Waals surface area contributed by atoms with Gasteiger partial charge in [-0.1, -0.05) is 60.2 Å². The number of carboxylic acids is 1. The summed E-state index contributed by atoms with van der Waals surface area (Å²) in [6, 6.07) is 18.3. The summed E-state index contributed by atoms with van der Waals surface area (Å²) in [5.41, 5.74) is 9.72. The van der Waals surface area contributed by atoms with Crippen LogP contribution in [0.25, 0.3) is 10.9 Å². The van der Waals surface area contributed by atoms with Crippen LogP contribution in [0, 0.1) is 6.92 Å². The number of aliphatic carboxylic acids is 1. The minimum Gasteiger partial charge on any atom is -0.480 e. The van der Waals surface area contributed by atoms with Crippen molar-refractivity contribution in [2.24, 2.45) is 5.73 Å². The summed E-state index contributed by atoms with van der Waals surface area (Å²) in [5.74, 6) is -3.33. The summed E-state index contributed by atoms with van der Waals surface area (Å²) in [5, 5.41) is 13.0. The third kappa shape index (κ3) is 4.78. The van der Waals surface area contributed by atoms with E-state index < -0.39 is 47.8 Å². The number of anilines is 1. The van der Waals surface area contributed by atoms with E-state index >= 15 is 0 Å². The Morgan fingerprint density at radius 2 is 1.72 bits per heavy atom. The van der Waals surface area contributed by atoms with E-state index in [0.29, 0.717) is 0 Å². The van der Waals surface area contributed by atoms with Gasteiger partial charge in [-0.3, -0.25) is 19.3 Å². The molecule has 0 aliphatic carbocycles. The van der Waals surface area contributed by atoms with Crippen LogP contribution in [0.15, 0.2) is 72.8 Å². The average Bonchev–Trinajstić information content (AvgIpc) is 3.48. The average molecular weight is 580 g/mol. The molecule has 43 heavy (non-hydrogen) atoms. The number of amides is 5. The van der Waals surface area contributed by atoms with Crippen LogP contribution in [0.3, 0.4) is 0 Å². The van der Waals surface area contributed by atoms with Gasteiger partial charge in [0.05, 0.1) is 11.3 Å². The number of benzene rings is 3. The quantitative estimate of drug-likeness (QED) is 0.234. The van der Waals surface area contributed by atoms with Crippen molar-refractivity contribution >= 4 is 46.3 Å². The lowest BCUT2D eigenvalue weighted by atomic mass is 9.88. The number of imide groups is 1. The number of hydrogen-bond acceptors (Lipinski definition) is 5. The highest BCUT2D eigenvalue weighted by Crippen LogP contribution is 2.45. The highest BCUT2D eigenvalue weighted by molar-refractivity contribution is 6.24. The Morgan fingerprint density at radius 3 is 2.44 bits per heavy atom. The van der Waals surface area contributed by atoms with Crippen LogP contribution in [0.1, 0.15) is 51.6 Å². The molecule has 5 amide bonds. The summed E-state index contributed by atoms with van der Waals surface area (Å²) in [6.07, 6.45) is -0.168. The van der Waals surface area contributed by atoms with E-state index in [-0.39, 0.29) is 30.5 Å². The molecule has 3 atom stereocenters. The van der Waals surface area contributed by atoms with Crippen molar-refractivity contribution < 1.29 is 29.1 Å². The number of nitrogens with zero attached hydrogens (tertiary/aromatic N) is 2. The Morgan fingerprint density at radius 1 is 1.02 bits per heavy atom. The van der Waals surface area contributed by atoms with Gasteiger partial charge in [0, 0.05) is 29.4 Å². The summed E-state index contributed by atoms with van der Waals surface area (Å²) >= 11 is 0. The number of nitrogens with two attached hydrogens (primary N) is 1. The summed E-state index contributed by atoms with van der Waals surface area (Å²) in [4.78, 5) is 70.7. The van der Waals surface area contributed by atoms with Crippen molar-refractivity contribution in [2.45, 2.75) is 44.3 Å². The number of H-pyrrole nitrogens is 1. The number of nitrogens with one attached hydrogen (secondary N) is 2. The predicted molar refractivity (Wildman–Crippen MR) is 157 cm³/mol. The fraction of sp³-hybridized carbons (Fsp3) is 0.219. The van der Waals surface area contributed by atoms with Crippen molar-refractivity contribution in [1.29, 1.82) is 0 Å². The Kier molecular flexibility index (Phi) is 6.93. The van der Waals surface area contributed by atoms with E-state index in [1.165, 1.54) is 12.1 Å². The number of hydrogen-bond donors (Lipinski definition) is 4. The number of para-hydroxylation sites is 2. The number of primary amides is 1. The molecule has 11 heteroatoms. The molecule has 5 N–H and O–H groups in total. The van der Waals surface area contributed by atoms with E-state index in [4.69, 9.17) is 5.73 Å². The molecule has 0 spiro atoms. The first-order valence-corrected chi connectivity index (χ1v) is 13.9. The molecule has 218 valence electrons. The maximum absolute atomic E-state index is 14.2. The van der Waals surface area contributed by atoms with Crippen molar-refractivity contribution in [3.63, 3.8) is 0 Å². The SMILES string of the molecule is Cc1ccc(C2c3[nH]c4ccccc4c3C[C@H]3C(=O)N(c4ccccc4C(=O)N[C@@H](CCC(N)=O)C(=O)O)C(=O)N23)cc1. The molecule has 1 unspecified atom stereocenters. The summed E-state index contributed by atoms with van der Waals surface area (Å²) in [7, 11) is 0. The minimum atomic E-state index is -1.39. The molecule has 0 saturated carbocycles. The lowest BCUT2D eigenvalue weighted by Crippen LogP contribution is -2.44. The highest BCUT2D eigenvalue weighted by Gasteiger charge is 2.53. The number of carboxylic acid groups (broad SMARTS) is 1. The van der Waals surface area contributed by atoms with Gasteiger partial charge in [-0.25, -0.2) is 14.5 Å². The van der Waals surface area contributed by atoms with Crippen LogP contribution < -0.4 is 16.0 Å². The van der Waals surface area contributed by atoms with Gasteiger partial charge < -0.3 is 21.1 Å². The Bertz CT molecular complexity index is 1800. The molecule has 4 aromatic rings. The van der Waals surface area contributed by atoms with Gasteiger partial charge in [0.25, 0.3) is 11.8 Å². The number of rotatable bonds is 8. The molecule has 3 aromatic carbocycles.